The summed E-state index contributed by atoms with van der Waals surface area (Å²) < 4.78 is 0. The first-order chi connectivity index (χ1) is 10.4. The molecule has 1 amide bonds. The van der Waals surface area contributed by atoms with Gasteiger partial charge in [0.05, 0.1) is 0 Å². The van der Waals surface area contributed by atoms with Crippen LogP contribution in [0.3, 0.4) is 0 Å². The highest BCUT2D eigenvalue weighted by Gasteiger charge is 2.24. The van der Waals surface area contributed by atoms with Crippen molar-refractivity contribution in [3.8, 4) is 0 Å². The van der Waals surface area contributed by atoms with Crippen LogP contribution in [0.15, 0.2) is 24.3 Å². The SMILES string of the molecule is Cc1c(C)c(C)c(/C=C2/C(=O)Nc3ccccc32)c(C)c1C. The average molecular weight is 291 g/mol. The lowest BCUT2D eigenvalue weighted by Gasteiger charge is -2.17. The summed E-state index contributed by atoms with van der Waals surface area (Å²) in [6, 6.07) is 7.86. The first-order valence-corrected chi connectivity index (χ1v) is 7.61. The number of hydrogen-bond acceptors (Lipinski definition) is 1. The number of rotatable bonds is 1. The third-order valence-electron chi connectivity index (χ3n) is 5.06. The number of para-hydroxylation sites is 1. The Morgan fingerprint density at radius 3 is 2.00 bits per heavy atom. The monoisotopic (exact) mass is 291 g/mol. The smallest absolute Gasteiger partial charge is 0.256 e. The summed E-state index contributed by atoms with van der Waals surface area (Å²) in [6.45, 7) is 10.8. The van der Waals surface area contributed by atoms with Crippen molar-refractivity contribution in [3.63, 3.8) is 0 Å². The quantitative estimate of drug-likeness (QED) is 0.757. The fourth-order valence-corrected chi connectivity index (χ4v) is 3.17. The van der Waals surface area contributed by atoms with E-state index in [-0.39, 0.29) is 5.91 Å². The van der Waals surface area contributed by atoms with E-state index in [1.807, 2.05) is 30.3 Å². The minimum Gasteiger partial charge on any atom is -0.321 e. The van der Waals surface area contributed by atoms with Crippen LogP contribution in [0.4, 0.5) is 5.69 Å². The molecule has 0 aromatic heterocycles. The van der Waals surface area contributed by atoms with Gasteiger partial charge in [0.1, 0.15) is 0 Å². The van der Waals surface area contributed by atoms with E-state index in [1.165, 1.54) is 33.4 Å². The van der Waals surface area contributed by atoms with Gasteiger partial charge in [-0.15, -0.1) is 0 Å². The molecule has 0 saturated heterocycles. The van der Waals surface area contributed by atoms with Gasteiger partial charge in [0, 0.05) is 16.8 Å². The lowest BCUT2D eigenvalue weighted by atomic mass is 9.88. The summed E-state index contributed by atoms with van der Waals surface area (Å²) in [6.07, 6.45) is 2.05. The predicted octanol–water partition coefficient (Wildman–Crippen LogP) is 4.72. The van der Waals surface area contributed by atoms with Crippen molar-refractivity contribution in [1.29, 1.82) is 0 Å². The summed E-state index contributed by atoms with van der Waals surface area (Å²) in [5.41, 5.74) is 10.3. The number of benzene rings is 2. The molecule has 3 rings (SSSR count). The van der Waals surface area contributed by atoms with E-state index >= 15 is 0 Å². The van der Waals surface area contributed by atoms with Crippen molar-refractivity contribution in [2.75, 3.05) is 5.32 Å². The Morgan fingerprint density at radius 2 is 1.36 bits per heavy atom. The maximum absolute atomic E-state index is 12.3. The molecule has 0 aliphatic carbocycles. The molecule has 1 heterocycles. The van der Waals surface area contributed by atoms with Gasteiger partial charge in [0.25, 0.3) is 5.91 Å². The molecule has 0 unspecified atom stereocenters. The lowest BCUT2D eigenvalue weighted by Crippen LogP contribution is -2.05. The predicted molar refractivity (Wildman–Crippen MR) is 93.1 cm³/mol. The molecule has 1 aliphatic rings. The molecule has 2 heteroatoms. The zero-order chi connectivity index (χ0) is 16.0. The van der Waals surface area contributed by atoms with Gasteiger partial charge in [-0.3, -0.25) is 4.79 Å². The zero-order valence-corrected chi connectivity index (χ0v) is 13.8. The fraction of sp³-hybridized carbons (Fsp3) is 0.250. The first-order valence-electron chi connectivity index (χ1n) is 7.61. The molecule has 2 aromatic rings. The number of amides is 1. The molecule has 22 heavy (non-hydrogen) atoms. The molecule has 0 fully saturated rings. The number of anilines is 1. The Labute approximate surface area is 131 Å². The van der Waals surface area contributed by atoms with Crippen LogP contribution in [-0.4, -0.2) is 5.91 Å². The zero-order valence-electron chi connectivity index (χ0n) is 13.8. The molecule has 0 radical (unpaired) electrons. The Morgan fingerprint density at radius 1 is 0.818 bits per heavy atom. The van der Waals surface area contributed by atoms with Gasteiger partial charge >= 0.3 is 0 Å². The van der Waals surface area contributed by atoms with Gasteiger partial charge in [-0.2, -0.15) is 0 Å². The average Bonchev–Trinajstić information content (AvgIpc) is 2.83. The third-order valence-corrected chi connectivity index (χ3v) is 5.06. The van der Waals surface area contributed by atoms with E-state index in [9.17, 15) is 4.79 Å². The molecule has 0 atom stereocenters. The van der Waals surface area contributed by atoms with Crippen molar-refractivity contribution >= 4 is 23.2 Å². The van der Waals surface area contributed by atoms with Crippen molar-refractivity contribution in [1.82, 2.24) is 0 Å². The third kappa shape index (κ3) is 2.07. The van der Waals surface area contributed by atoms with Gasteiger partial charge in [-0.05, 0) is 80.1 Å². The highest BCUT2D eigenvalue weighted by molar-refractivity contribution is 6.35. The van der Waals surface area contributed by atoms with Gasteiger partial charge in [0.2, 0.25) is 0 Å². The normalized spacial score (nSPS) is 15.1. The van der Waals surface area contributed by atoms with Crippen LogP contribution in [0, 0.1) is 34.6 Å². The lowest BCUT2D eigenvalue weighted by molar-refractivity contribution is -0.110. The Kier molecular flexibility index (Phi) is 3.40. The molecule has 0 bridgehead atoms. The summed E-state index contributed by atoms with van der Waals surface area (Å²) >= 11 is 0. The molecule has 2 nitrogen and oxygen atoms in total. The second-order valence-electron chi connectivity index (χ2n) is 6.10. The fourth-order valence-electron chi connectivity index (χ4n) is 3.17. The van der Waals surface area contributed by atoms with Crippen molar-refractivity contribution in [3.05, 3.63) is 63.2 Å². The number of nitrogens with one attached hydrogen (secondary N) is 1. The van der Waals surface area contributed by atoms with Crippen molar-refractivity contribution in [2.45, 2.75) is 34.6 Å². The number of hydrogen-bond donors (Lipinski definition) is 1. The standard InChI is InChI=1S/C20H21NO/c1-11-12(2)14(4)17(15(5)13(11)3)10-18-16-8-6-7-9-19(16)21-20(18)22/h6-10H,1-5H3,(H,21,22)/b18-10+. The van der Waals surface area contributed by atoms with Gasteiger partial charge in [-0.25, -0.2) is 0 Å². The Hall–Kier alpha value is -2.35. The highest BCUT2D eigenvalue weighted by atomic mass is 16.2. The molecule has 112 valence electrons. The summed E-state index contributed by atoms with van der Waals surface area (Å²) in [7, 11) is 0. The molecular formula is C20H21NO. The molecule has 1 aliphatic heterocycles. The van der Waals surface area contributed by atoms with E-state index in [1.54, 1.807) is 0 Å². The minimum absolute atomic E-state index is 0.0177. The van der Waals surface area contributed by atoms with Gasteiger partial charge < -0.3 is 5.32 Å². The first kappa shape index (κ1) is 14.6. The number of fused-ring (bicyclic) bond motifs is 1. The van der Waals surface area contributed by atoms with E-state index in [0.717, 1.165) is 16.8 Å². The van der Waals surface area contributed by atoms with Crippen LogP contribution in [0.25, 0.3) is 11.6 Å². The second kappa shape index (κ2) is 5.13. The topological polar surface area (TPSA) is 29.1 Å². The van der Waals surface area contributed by atoms with E-state index in [4.69, 9.17) is 0 Å². The minimum atomic E-state index is -0.0177. The molecule has 0 saturated carbocycles. The second-order valence-corrected chi connectivity index (χ2v) is 6.10. The summed E-state index contributed by atoms with van der Waals surface area (Å²) in [4.78, 5) is 12.3. The van der Waals surface area contributed by atoms with Crippen LogP contribution < -0.4 is 5.32 Å². The number of carbonyl (C=O) groups excluding carboxylic acids is 1. The van der Waals surface area contributed by atoms with Crippen molar-refractivity contribution < 1.29 is 4.79 Å². The molecule has 2 aromatic carbocycles. The van der Waals surface area contributed by atoms with Crippen LogP contribution >= 0.6 is 0 Å². The maximum atomic E-state index is 12.3. The summed E-state index contributed by atoms with van der Waals surface area (Å²) in [5, 5.41) is 2.94. The largest absolute Gasteiger partial charge is 0.321 e. The number of carbonyl (C=O) groups is 1. The van der Waals surface area contributed by atoms with E-state index < -0.39 is 0 Å². The van der Waals surface area contributed by atoms with E-state index in [2.05, 4.69) is 39.9 Å². The van der Waals surface area contributed by atoms with Gasteiger partial charge in [-0.1, -0.05) is 18.2 Å². The highest BCUT2D eigenvalue weighted by Crippen LogP contribution is 2.35. The Bertz CT molecular complexity index is 799. The van der Waals surface area contributed by atoms with Crippen LogP contribution in [-0.2, 0) is 4.79 Å². The Balaban J connectivity index is 2.25. The van der Waals surface area contributed by atoms with Crippen LogP contribution in [0.1, 0.15) is 38.9 Å². The van der Waals surface area contributed by atoms with Crippen LogP contribution in [0.5, 0.6) is 0 Å². The van der Waals surface area contributed by atoms with Crippen molar-refractivity contribution in [2.24, 2.45) is 0 Å². The molecular weight excluding hydrogens is 270 g/mol. The van der Waals surface area contributed by atoms with Crippen LogP contribution in [0.2, 0.25) is 0 Å². The molecule has 1 N–H and O–H groups in total. The molecule has 0 spiro atoms. The van der Waals surface area contributed by atoms with E-state index in [0.29, 0.717) is 0 Å². The van der Waals surface area contributed by atoms with Gasteiger partial charge in [0.15, 0.2) is 0 Å². The maximum Gasteiger partial charge on any atom is 0.256 e. The summed E-state index contributed by atoms with van der Waals surface area (Å²) in [5.74, 6) is -0.0177.